The van der Waals surface area contributed by atoms with E-state index in [1.165, 1.54) is 0 Å². The van der Waals surface area contributed by atoms with Crippen molar-refractivity contribution in [2.45, 2.75) is 19.3 Å². The third-order valence-electron chi connectivity index (χ3n) is 3.60. The van der Waals surface area contributed by atoms with Gasteiger partial charge in [0.25, 0.3) is 0 Å². The van der Waals surface area contributed by atoms with E-state index in [1.807, 2.05) is 0 Å². The molecule has 0 radical (unpaired) electrons. The van der Waals surface area contributed by atoms with E-state index in [1.54, 1.807) is 18.7 Å². The molecule has 1 atom stereocenters. The van der Waals surface area contributed by atoms with Crippen molar-refractivity contribution < 1.29 is 13.6 Å². The number of nitrogens with zero attached hydrogens (tertiary/aromatic N) is 2. The van der Waals surface area contributed by atoms with Crippen molar-refractivity contribution in [1.29, 1.82) is 0 Å². The molecule has 1 N–H and O–H groups in total. The minimum absolute atomic E-state index is 0.0832. The second-order valence-electron chi connectivity index (χ2n) is 4.94. The first-order chi connectivity index (χ1) is 9.47. The maximum absolute atomic E-state index is 14.0. The summed E-state index contributed by atoms with van der Waals surface area (Å²) in [6, 6.07) is 3.30. The fourth-order valence-electron chi connectivity index (χ4n) is 2.76. The van der Waals surface area contributed by atoms with Crippen molar-refractivity contribution in [2.75, 3.05) is 5.32 Å². The lowest BCUT2D eigenvalue weighted by Crippen LogP contribution is -2.25. The van der Waals surface area contributed by atoms with Crippen LogP contribution in [-0.2, 0) is 11.8 Å². The highest BCUT2D eigenvalue weighted by atomic mass is 19.1. The van der Waals surface area contributed by atoms with Crippen molar-refractivity contribution in [1.82, 2.24) is 9.78 Å². The second-order valence-corrected chi connectivity index (χ2v) is 4.94. The van der Waals surface area contributed by atoms with Crippen molar-refractivity contribution >= 4 is 11.7 Å². The average molecular weight is 277 g/mol. The Labute approximate surface area is 114 Å². The lowest BCUT2D eigenvalue weighted by Gasteiger charge is -2.24. The largest absolute Gasteiger partial charge is 0.311 e. The molecule has 3 rings (SSSR count). The molecule has 0 aliphatic carbocycles. The molecule has 0 spiro atoms. The van der Waals surface area contributed by atoms with E-state index < -0.39 is 17.6 Å². The molecule has 6 heteroatoms. The summed E-state index contributed by atoms with van der Waals surface area (Å²) in [7, 11) is 1.70. The van der Waals surface area contributed by atoms with Gasteiger partial charge in [0.2, 0.25) is 5.91 Å². The monoisotopic (exact) mass is 277 g/mol. The summed E-state index contributed by atoms with van der Waals surface area (Å²) in [5.41, 5.74) is 1.64. The molecule has 0 saturated carbocycles. The lowest BCUT2D eigenvalue weighted by atomic mass is 9.85. The first-order valence-corrected chi connectivity index (χ1v) is 6.25. The maximum Gasteiger partial charge on any atom is 0.226 e. The van der Waals surface area contributed by atoms with Crippen molar-refractivity contribution in [3.63, 3.8) is 0 Å². The Hall–Kier alpha value is -2.24. The molecule has 0 fully saturated rings. The van der Waals surface area contributed by atoms with Crippen LogP contribution < -0.4 is 5.32 Å². The zero-order valence-electron chi connectivity index (χ0n) is 11.1. The van der Waals surface area contributed by atoms with Crippen molar-refractivity contribution in [3.05, 3.63) is 46.7 Å². The van der Waals surface area contributed by atoms with E-state index in [4.69, 9.17) is 0 Å². The van der Waals surface area contributed by atoms with Gasteiger partial charge in [-0.15, -0.1) is 0 Å². The van der Waals surface area contributed by atoms with Gasteiger partial charge >= 0.3 is 0 Å². The molecule has 0 unspecified atom stereocenters. The van der Waals surface area contributed by atoms with Gasteiger partial charge in [-0.05, 0) is 30.7 Å². The Bertz CT molecular complexity index is 709. The Morgan fingerprint density at radius 3 is 2.90 bits per heavy atom. The molecular formula is C14H13F2N3O. The minimum Gasteiger partial charge on any atom is -0.311 e. The molecule has 0 bridgehead atoms. The number of benzene rings is 1. The molecule has 2 heterocycles. The Morgan fingerprint density at radius 1 is 1.40 bits per heavy atom. The fourth-order valence-corrected chi connectivity index (χ4v) is 2.76. The van der Waals surface area contributed by atoms with Gasteiger partial charge in [0.05, 0.1) is 5.69 Å². The number of halogens is 2. The Balaban J connectivity index is 2.20. The molecule has 1 aliphatic rings. The number of hydrogen-bond acceptors (Lipinski definition) is 2. The number of hydrogen-bond donors (Lipinski definition) is 1. The van der Waals surface area contributed by atoms with Gasteiger partial charge in [0.1, 0.15) is 17.5 Å². The summed E-state index contributed by atoms with van der Waals surface area (Å²) >= 11 is 0. The molecule has 20 heavy (non-hydrogen) atoms. The van der Waals surface area contributed by atoms with E-state index in [2.05, 4.69) is 10.4 Å². The number of anilines is 1. The summed E-state index contributed by atoms with van der Waals surface area (Å²) in [4.78, 5) is 11.8. The Morgan fingerprint density at radius 2 is 2.15 bits per heavy atom. The molecule has 0 saturated heterocycles. The third-order valence-corrected chi connectivity index (χ3v) is 3.60. The normalized spacial score (nSPS) is 17.8. The zero-order chi connectivity index (χ0) is 14.4. The van der Waals surface area contributed by atoms with Gasteiger partial charge in [0.15, 0.2) is 0 Å². The number of fused-ring (bicyclic) bond motifs is 1. The second kappa shape index (κ2) is 4.40. The van der Waals surface area contributed by atoms with Crippen molar-refractivity contribution in [3.8, 4) is 0 Å². The predicted molar refractivity (Wildman–Crippen MR) is 69.4 cm³/mol. The van der Waals surface area contributed by atoms with Crippen LogP contribution in [0.1, 0.15) is 29.2 Å². The summed E-state index contributed by atoms with van der Waals surface area (Å²) in [5.74, 6) is -1.22. The topological polar surface area (TPSA) is 46.9 Å². The number of aryl methyl sites for hydroxylation is 2. The third kappa shape index (κ3) is 1.88. The first kappa shape index (κ1) is 12.8. The SMILES string of the molecule is Cc1nn(C)c2c1[C@H](c1cc(F)ccc1F)CC(=O)N2. The molecule has 4 nitrogen and oxygen atoms in total. The minimum atomic E-state index is -0.518. The number of rotatable bonds is 1. The van der Waals surface area contributed by atoms with Gasteiger partial charge in [-0.3, -0.25) is 9.48 Å². The number of nitrogens with one attached hydrogen (secondary N) is 1. The molecule has 2 aromatic rings. The van der Waals surface area contributed by atoms with Crippen LogP contribution in [0.5, 0.6) is 0 Å². The maximum atomic E-state index is 14.0. The number of amides is 1. The van der Waals surface area contributed by atoms with Gasteiger partial charge < -0.3 is 5.32 Å². The van der Waals surface area contributed by atoms with E-state index >= 15 is 0 Å². The quantitative estimate of drug-likeness (QED) is 0.870. The predicted octanol–water partition coefficient (Wildman–Crippen LogP) is 2.48. The smallest absolute Gasteiger partial charge is 0.226 e. The van der Waals surface area contributed by atoms with Gasteiger partial charge in [-0.25, -0.2) is 8.78 Å². The highest BCUT2D eigenvalue weighted by molar-refractivity contribution is 5.94. The summed E-state index contributed by atoms with van der Waals surface area (Å²) in [5, 5.41) is 6.97. The average Bonchev–Trinajstić information content (AvgIpc) is 2.67. The highest BCUT2D eigenvalue weighted by Crippen LogP contribution is 2.39. The van der Waals surface area contributed by atoms with Crippen LogP contribution in [0.25, 0.3) is 0 Å². The molecule has 1 aromatic carbocycles. The van der Waals surface area contributed by atoms with E-state index in [0.717, 1.165) is 23.8 Å². The van der Waals surface area contributed by atoms with E-state index in [9.17, 15) is 13.6 Å². The van der Waals surface area contributed by atoms with Gasteiger partial charge in [0, 0.05) is 24.9 Å². The van der Waals surface area contributed by atoms with Gasteiger partial charge in [-0.2, -0.15) is 5.10 Å². The molecule has 1 aromatic heterocycles. The van der Waals surface area contributed by atoms with Crippen LogP contribution >= 0.6 is 0 Å². The van der Waals surface area contributed by atoms with E-state index in [-0.39, 0.29) is 17.9 Å². The van der Waals surface area contributed by atoms with Crippen LogP contribution in [0.3, 0.4) is 0 Å². The number of carbonyl (C=O) groups is 1. The van der Waals surface area contributed by atoms with Crippen LogP contribution in [0.4, 0.5) is 14.6 Å². The summed E-state index contributed by atoms with van der Waals surface area (Å²) < 4.78 is 28.9. The highest BCUT2D eigenvalue weighted by Gasteiger charge is 2.33. The van der Waals surface area contributed by atoms with Gasteiger partial charge in [-0.1, -0.05) is 0 Å². The van der Waals surface area contributed by atoms with Crippen LogP contribution in [0, 0.1) is 18.6 Å². The first-order valence-electron chi connectivity index (χ1n) is 6.25. The fraction of sp³-hybridized carbons (Fsp3) is 0.286. The zero-order valence-corrected chi connectivity index (χ0v) is 11.1. The lowest BCUT2D eigenvalue weighted by molar-refractivity contribution is -0.116. The summed E-state index contributed by atoms with van der Waals surface area (Å²) in [6.07, 6.45) is 0.0832. The Kier molecular flexibility index (Phi) is 2.81. The molecular weight excluding hydrogens is 264 g/mol. The van der Waals surface area contributed by atoms with Crippen LogP contribution in [-0.4, -0.2) is 15.7 Å². The van der Waals surface area contributed by atoms with Crippen LogP contribution in [0.15, 0.2) is 18.2 Å². The van der Waals surface area contributed by atoms with Crippen molar-refractivity contribution in [2.24, 2.45) is 7.05 Å². The van der Waals surface area contributed by atoms with Crippen LogP contribution in [0.2, 0.25) is 0 Å². The van der Waals surface area contributed by atoms with E-state index in [0.29, 0.717) is 11.5 Å². The number of carbonyl (C=O) groups excluding carboxylic acids is 1. The standard InChI is InChI=1S/C14H13F2N3O/c1-7-13-10(9-5-8(15)3-4-11(9)16)6-12(20)17-14(13)19(2)18-7/h3-5,10H,6H2,1-2H3,(H,17,20)/t10-/m0/s1. The molecule has 104 valence electrons. The summed E-state index contributed by atoms with van der Waals surface area (Å²) in [6.45, 7) is 1.79. The molecule has 1 aliphatic heterocycles. The number of aromatic nitrogens is 2. The molecule has 1 amide bonds.